The number of carbonyl (C=O) groups excluding carboxylic acids is 2. The minimum absolute atomic E-state index is 0.0253. The number of amides is 2. The molecule has 0 aliphatic carbocycles. The van der Waals surface area contributed by atoms with Gasteiger partial charge in [0, 0.05) is 23.3 Å². The Hall–Kier alpha value is -1.79. The first-order chi connectivity index (χ1) is 13.9. The summed E-state index contributed by atoms with van der Waals surface area (Å²) in [6.45, 7) is 6.91. The highest BCUT2D eigenvalue weighted by Gasteiger charge is 2.25. The van der Waals surface area contributed by atoms with E-state index in [2.05, 4.69) is 40.3 Å². The van der Waals surface area contributed by atoms with Crippen molar-refractivity contribution in [1.82, 2.24) is 10.2 Å². The van der Waals surface area contributed by atoms with Crippen LogP contribution in [0.15, 0.2) is 53.0 Å². The molecule has 0 heterocycles. The second-order valence-electron chi connectivity index (χ2n) is 7.04. The molecular weight excluding hydrogens is 448 g/mol. The summed E-state index contributed by atoms with van der Waals surface area (Å²) < 4.78 is 0.958. The van der Waals surface area contributed by atoms with Gasteiger partial charge in [0.05, 0.1) is 5.75 Å². The summed E-state index contributed by atoms with van der Waals surface area (Å²) in [5.74, 6) is 0.981. The lowest BCUT2D eigenvalue weighted by Gasteiger charge is -2.29. The molecule has 1 N–H and O–H groups in total. The first-order valence-corrected chi connectivity index (χ1v) is 11.8. The van der Waals surface area contributed by atoms with E-state index in [9.17, 15) is 9.59 Å². The van der Waals surface area contributed by atoms with Gasteiger partial charge in [-0.3, -0.25) is 9.59 Å². The Kier molecular flexibility index (Phi) is 9.74. The molecule has 2 rings (SSSR count). The van der Waals surface area contributed by atoms with Crippen LogP contribution in [0.3, 0.4) is 0 Å². The molecule has 2 amide bonds. The number of thioether (sulfide) groups is 1. The molecule has 0 saturated carbocycles. The summed E-state index contributed by atoms with van der Waals surface area (Å²) in [7, 11) is 0. The zero-order chi connectivity index (χ0) is 21.2. The quantitative estimate of drug-likeness (QED) is 0.528. The van der Waals surface area contributed by atoms with Gasteiger partial charge in [-0.15, -0.1) is 11.8 Å². The van der Waals surface area contributed by atoms with Crippen LogP contribution in [0.1, 0.15) is 37.0 Å². The fraction of sp³-hybridized carbons (Fsp3) is 0.391. The van der Waals surface area contributed by atoms with E-state index in [1.165, 1.54) is 11.1 Å². The SMILES string of the molecule is CCCNC(=O)[C@H](C)N(Cc1cccc(Br)c1)C(=O)CSCc1ccccc1C. The molecule has 1 atom stereocenters. The Balaban J connectivity index is 2.07. The molecule has 0 saturated heterocycles. The molecule has 0 aliphatic heterocycles. The molecule has 156 valence electrons. The molecule has 29 heavy (non-hydrogen) atoms. The first-order valence-electron chi connectivity index (χ1n) is 9.86. The zero-order valence-corrected chi connectivity index (χ0v) is 19.7. The Labute approximate surface area is 186 Å². The maximum absolute atomic E-state index is 13.0. The van der Waals surface area contributed by atoms with Gasteiger partial charge in [0.15, 0.2) is 0 Å². The van der Waals surface area contributed by atoms with Crippen molar-refractivity contribution in [2.45, 2.75) is 45.5 Å². The Morgan fingerprint density at radius 1 is 1.17 bits per heavy atom. The van der Waals surface area contributed by atoms with Gasteiger partial charge in [-0.2, -0.15) is 0 Å². The molecule has 0 aliphatic rings. The second kappa shape index (κ2) is 12.0. The normalized spacial score (nSPS) is 11.7. The fourth-order valence-electron chi connectivity index (χ4n) is 2.91. The molecular formula is C23H29BrN2O2S. The van der Waals surface area contributed by atoms with Crippen LogP contribution < -0.4 is 5.32 Å². The zero-order valence-electron chi connectivity index (χ0n) is 17.3. The van der Waals surface area contributed by atoms with E-state index in [0.29, 0.717) is 18.8 Å². The molecule has 2 aromatic rings. The van der Waals surface area contributed by atoms with Gasteiger partial charge in [-0.25, -0.2) is 0 Å². The maximum Gasteiger partial charge on any atom is 0.242 e. The highest BCUT2D eigenvalue weighted by atomic mass is 79.9. The van der Waals surface area contributed by atoms with Crippen LogP contribution in [-0.4, -0.2) is 35.1 Å². The summed E-state index contributed by atoms with van der Waals surface area (Å²) in [6.07, 6.45) is 0.865. The van der Waals surface area contributed by atoms with Crippen molar-refractivity contribution in [1.29, 1.82) is 0 Å². The Bertz CT molecular complexity index is 828. The number of hydrogen-bond donors (Lipinski definition) is 1. The average Bonchev–Trinajstić information content (AvgIpc) is 2.71. The summed E-state index contributed by atoms with van der Waals surface area (Å²) in [5.41, 5.74) is 3.45. The minimum atomic E-state index is -0.521. The van der Waals surface area contributed by atoms with E-state index >= 15 is 0 Å². The molecule has 6 heteroatoms. The number of nitrogens with zero attached hydrogens (tertiary/aromatic N) is 1. The first kappa shape index (κ1) is 23.5. The van der Waals surface area contributed by atoms with Gasteiger partial charge in [-0.1, -0.05) is 59.3 Å². The van der Waals surface area contributed by atoms with E-state index in [-0.39, 0.29) is 11.8 Å². The number of benzene rings is 2. The second-order valence-corrected chi connectivity index (χ2v) is 8.94. The van der Waals surface area contributed by atoms with Crippen LogP contribution in [0.5, 0.6) is 0 Å². The largest absolute Gasteiger partial charge is 0.354 e. The third kappa shape index (κ3) is 7.52. The van der Waals surface area contributed by atoms with E-state index in [1.807, 2.05) is 43.3 Å². The van der Waals surface area contributed by atoms with Crippen molar-refractivity contribution in [2.75, 3.05) is 12.3 Å². The predicted octanol–water partition coefficient (Wildman–Crippen LogP) is 4.93. The van der Waals surface area contributed by atoms with Crippen LogP contribution in [0.4, 0.5) is 0 Å². The van der Waals surface area contributed by atoms with Gasteiger partial charge >= 0.3 is 0 Å². The summed E-state index contributed by atoms with van der Waals surface area (Å²) in [4.78, 5) is 27.2. The van der Waals surface area contributed by atoms with Gasteiger partial charge in [-0.05, 0) is 49.1 Å². The fourth-order valence-corrected chi connectivity index (χ4v) is 4.35. The number of carbonyl (C=O) groups is 2. The van der Waals surface area contributed by atoms with E-state index in [1.54, 1.807) is 23.6 Å². The van der Waals surface area contributed by atoms with E-state index in [4.69, 9.17) is 0 Å². The van der Waals surface area contributed by atoms with Gasteiger partial charge in [0.25, 0.3) is 0 Å². The highest BCUT2D eigenvalue weighted by molar-refractivity contribution is 9.10. The van der Waals surface area contributed by atoms with Crippen molar-refractivity contribution in [3.63, 3.8) is 0 Å². The third-order valence-electron chi connectivity index (χ3n) is 4.70. The number of aryl methyl sites for hydroxylation is 1. The summed E-state index contributed by atoms with van der Waals surface area (Å²) in [5, 5.41) is 2.91. The summed E-state index contributed by atoms with van der Waals surface area (Å²) in [6, 6.07) is 15.5. The van der Waals surface area contributed by atoms with Gasteiger partial charge < -0.3 is 10.2 Å². The third-order valence-corrected chi connectivity index (χ3v) is 6.16. The van der Waals surface area contributed by atoms with Crippen molar-refractivity contribution < 1.29 is 9.59 Å². The molecule has 0 fully saturated rings. The standard InChI is InChI=1S/C23H29BrN2O2S/c1-4-12-25-23(28)18(3)26(14-19-9-7-11-21(24)13-19)22(27)16-29-15-20-10-6-5-8-17(20)2/h5-11,13,18H,4,12,14-16H2,1-3H3,(H,25,28)/t18-/m0/s1. The van der Waals surface area contributed by atoms with Crippen molar-refractivity contribution in [3.05, 3.63) is 69.7 Å². The molecule has 0 unspecified atom stereocenters. The lowest BCUT2D eigenvalue weighted by Crippen LogP contribution is -2.48. The van der Waals surface area contributed by atoms with Crippen molar-refractivity contribution >= 4 is 39.5 Å². The molecule has 4 nitrogen and oxygen atoms in total. The molecule has 2 aromatic carbocycles. The average molecular weight is 477 g/mol. The highest BCUT2D eigenvalue weighted by Crippen LogP contribution is 2.19. The molecule has 0 spiro atoms. The summed E-state index contributed by atoms with van der Waals surface area (Å²) >= 11 is 5.06. The topological polar surface area (TPSA) is 49.4 Å². The lowest BCUT2D eigenvalue weighted by molar-refractivity contribution is -0.138. The number of nitrogens with one attached hydrogen (secondary N) is 1. The number of rotatable bonds is 10. The Morgan fingerprint density at radius 2 is 1.93 bits per heavy atom. The van der Waals surface area contributed by atoms with Crippen molar-refractivity contribution in [2.24, 2.45) is 0 Å². The van der Waals surface area contributed by atoms with Crippen molar-refractivity contribution in [3.8, 4) is 0 Å². The number of halogens is 1. The molecule has 0 radical (unpaired) electrons. The Morgan fingerprint density at radius 3 is 2.62 bits per heavy atom. The lowest BCUT2D eigenvalue weighted by atomic mass is 10.1. The van der Waals surface area contributed by atoms with E-state index < -0.39 is 6.04 Å². The monoisotopic (exact) mass is 476 g/mol. The van der Waals surface area contributed by atoms with Gasteiger partial charge in [0.1, 0.15) is 6.04 Å². The number of hydrogen-bond acceptors (Lipinski definition) is 3. The maximum atomic E-state index is 13.0. The van der Waals surface area contributed by atoms with Crippen LogP contribution in [-0.2, 0) is 21.9 Å². The van der Waals surface area contributed by atoms with E-state index in [0.717, 1.165) is 22.2 Å². The molecule has 0 bridgehead atoms. The van der Waals surface area contributed by atoms with Gasteiger partial charge in [0.2, 0.25) is 11.8 Å². The van der Waals surface area contributed by atoms with Crippen LogP contribution >= 0.6 is 27.7 Å². The smallest absolute Gasteiger partial charge is 0.242 e. The minimum Gasteiger partial charge on any atom is -0.354 e. The van der Waals surface area contributed by atoms with Crippen LogP contribution in [0.2, 0.25) is 0 Å². The predicted molar refractivity (Wildman–Crippen MR) is 125 cm³/mol. The van der Waals surface area contributed by atoms with Crippen LogP contribution in [0.25, 0.3) is 0 Å². The molecule has 0 aromatic heterocycles. The van der Waals surface area contributed by atoms with Crippen LogP contribution in [0, 0.1) is 6.92 Å².